The van der Waals surface area contributed by atoms with Crippen molar-refractivity contribution in [3.63, 3.8) is 0 Å². The van der Waals surface area contributed by atoms with Gasteiger partial charge in [0.05, 0.1) is 5.52 Å². The van der Waals surface area contributed by atoms with Crippen LogP contribution in [0, 0.1) is 5.41 Å². The summed E-state index contributed by atoms with van der Waals surface area (Å²) in [6, 6.07) is 15.9. The average molecular weight is 438 g/mol. The minimum atomic E-state index is -0.402. The number of aromatic nitrogens is 1. The summed E-state index contributed by atoms with van der Waals surface area (Å²) in [5.41, 5.74) is 4.45. The van der Waals surface area contributed by atoms with Crippen molar-refractivity contribution < 1.29 is 8.83 Å². The lowest BCUT2D eigenvalue weighted by atomic mass is 9.86. The Morgan fingerprint density at radius 2 is 1.28 bits per heavy atom. The molecule has 4 heteroatoms. The average Bonchev–Trinajstić information content (AvgIpc) is 3.21. The van der Waals surface area contributed by atoms with Crippen LogP contribution >= 0.6 is 0 Å². The molecule has 2 aromatic heterocycles. The van der Waals surface area contributed by atoms with Gasteiger partial charge < -0.3 is 8.83 Å². The van der Waals surface area contributed by atoms with E-state index in [2.05, 4.69) is 98.5 Å². The molecule has 0 aliphatic heterocycles. The highest BCUT2D eigenvalue weighted by molar-refractivity contribution is 5.79. The van der Waals surface area contributed by atoms with Crippen LogP contribution in [0.25, 0.3) is 22.1 Å². The van der Waals surface area contributed by atoms with Gasteiger partial charge in [-0.2, -0.15) is 0 Å². The number of rotatable bonds is 0. The third-order valence-electron chi connectivity index (χ3n) is 4.45. The Labute approximate surface area is 192 Å². The maximum absolute atomic E-state index is 10.6. The lowest BCUT2D eigenvalue weighted by Gasteiger charge is -2.18. The molecule has 0 fully saturated rings. The number of furan rings is 1. The largest absolute Gasteiger partial charge is 0.461 e. The van der Waals surface area contributed by atoms with E-state index in [9.17, 15) is 4.79 Å². The Kier molecular flexibility index (Phi) is 7.49. The van der Waals surface area contributed by atoms with Crippen molar-refractivity contribution in [2.24, 2.45) is 5.41 Å². The monoisotopic (exact) mass is 437 g/mol. The van der Waals surface area contributed by atoms with E-state index in [0.717, 1.165) is 16.9 Å². The van der Waals surface area contributed by atoms with Gasteiger partial charge >= 0.3 is 5.76 Å². The second-order valence-electron chi connectivity index (χ2n) is 11.9. The summed E-state index contributed by atoms with van der Waals surface area (Å²) in [5, 5.41) is 1.21. The summed E-state index contributed by atoms with van der Waals surface area (Å²) < 4.78 is 10.7. The molecule has 0 saturated carbocycles. The zero-order valence-corrected chi connectivity index (χ0v) is 21.3. The number of hydrogen-bond donors (Lipinski definition) is 1. The van der Waals surface area contributed by atoms with Crippen LogP contribution in [0.5, 0.6) is 0 Å². The van der Waals surface area contributed by atoms with E-state index in [0.29, 0.717) is 11.0 Å². The Morgan fingerprint density at radius 1 is 0.688 bits per heavy atom. The molecule has 0 spiro atoms. The fraction of sp³-hybridized carbons (Fsp3) is 0.464. The highest BCUT2D eigenvalue weighted by Crippen LogP contribution is 2.32. The molecule has 0 saturated heterocycles. The predicted molar refractivity (Wildman–Crippen MR) is 136 cm³/mol. The van der Waals surface area contributed by atoms with Crippen molar-refractivity contribution in [2.45, 2.75) is 80.1 Å². The van der Waals surface area contributed by atoms with Gasteiger partial charge in [0.1, 0.15) is 11.3 Å². The summed E-state index contributed by atoms with van der Waals surface area (Å²) in [7, 11) is 0. The standard InChI is InChI=1S/C16H22O.C7H5NO2.C5H12/c1-15(2,3)12-7-8-13-11(9-12)10-14(17-13)16(4,5)6;9-7-8-5-3-1-2-4-6(5)10-7;1-5(2,3)4/h7-10H,1-6H3;1-4H,(H,8,9);1-4H3. The third kappa shape index (κ3) is 7.74. The maximum Gasteiger partial charge on any atom is 0.417 e. The quantitative estimate of drug-likeness (QED) is 0.301. The second-order valence-corrected chi connectivity index (χ2v) is 11.9. The zero-order valence-electron chi connectivity index (χ0n) is 21.3. The molecule has 0 unspecified atom stereocenters. The number of benzene rings is 2. The van der Waals surface area contributed by atoms with E-state index in [-0.39, 0.29) is 10.8 Å². The van der Waals surface area contributed by atoms with Crippen molar-refractivity contribution in [2.75, 3.05) is 0 Å². The molecule has 4 aromatic rings. The van der Waals surface area contributed by atoms with Gasteiger partial charge in [0.25, 0.3) is 0 Å². The predicted octanol–water partition coefficient (Wildman–Crippen LogP) is 8.20. The van der Waals surface area contributed by atoms with Crippen LogP contribution in [0.2, 0.25) is 0 Å². The Hall–Kier alpha value is -2.75. The molecule has 1 N–H and O–H groups in total. The molecular formula is C28H39NO3. The first-order valence-electron chi connectivity index (χ1n) is 11.2. The molecule has 0 aliphatic carbocycles. The molecule has 0 aliphatic rings. The van der Waals surface area contributed by atoms with Gasteiger partial charge in [0, 0.05) is 10.8 Å². The van der Waals surface area contributed by atoms with Crippen molar-refractivity contribution in [1.82, 2.24) is 4.98 Å². The molecule has 0 radical (unpaired) electrons. The number of oxazole rings is 1. The Morgan fingerprint density at radius 3 is 1.81 bits per heavy atom. The maximum atomic E-state index is 10.6. The van der Waals surface area contributed by atoms with Crippen molar-refractivity contribution >= 4 is 22.1 Å². The van der Waals surface area contributed by atoms with Gasteiger partial charge in [-0.15, -0.1) is 0 Å². The summed E-state index contributed by atoms with van der Waals surface area (Å²) >= 11 is 0. The lowest BCUT2D eigenvalue weighted by molar-refractivity contribution is 0.430. The van der Waals surface area contributed by atoms with Crippen LogP contribution in [0.4, 0.5) is 0 Å². The van der Waals surface area contributed by atoms with Crippen LogP contribution in [-0.4, -0.2) is 4.98 Å². The van der Waals surface area contributed by atoms with Gasteiger partial charge in [-0.25, -0.2) is 4.79 Å². The number of para-hydroxylation sites is 2. The highest BCUT2D eigenvalue weighted by atomic mass is 16.4. The summed E-state index contributed by atoms with van der Waals surface area (Å²) in [4.78, 5) is 13.1. The van der Waals surface area contributed by atoms with Gasteiger partial charge in [-0.05, 0) is 46.7 Å². The molecule has 0 bridgehead atoms. The van der Waals surface area contributed by atoms with Gasteiger partial charge in [0.15, 0.2) is 5.58 Å². The van der Waals surface area contributed by atoms with Crippen molar-refractivity contribution in [3.05, 3.63) is 70.4 Å². The number of hydrogen-bond acceptors (Lipinski definition) is 3. The molecule has 4 nitrogen and oxygen atoms in total. The van der Waals surface area contributed by atoms with E-state index in [1.54, 1.807) is 12.1 Å². The number of nitrogens with one attached hydrogen (secondary N) is 1. The SMILES string of the molecule is CC(C)(C)C.CC(C)(C)c1ccc2oc(C(C)(C)C)cc2c1.O=c1[nH]c2ccccc2o1. The van der Waals surface area contributed by atoms with E-state index in [4.69, 9.17) is 8.83 Å². The minimum absolute atomic E-state index is 0.0704. The molecular weight excluding hydrogens is 398 g/mol. The van der Waals surface area contributed by atoms with Crippen molar-refractivity contribution in [1.29, 1.82) is 0 Å². The summed E-state index contributed by atoms with van der Waals surface area (Å²) in [5.74, 6) is 0.653. The van der Waals surface area contributed by atoms with Crippen LogP contribution in [0.15, 0.2) is 62.2 Å². The van der Waals surface area contributed by atoms with Crippen LogP contribution in [0.1, 0.15) is 80.6 Å². The first-order valence-corrected chi connectivity index (χ1v) is 11.2. The number of H-pyrrole nitrogens is 1. The molecule has 4 rings (SSSR count). The fourth-order valence-electron chi connectivity index (χ4n) is 2.77. The van der Waals surface area contributed by atoms with Gasteiger partial charge in [-0.1, -0.05) is 87.4 Å². The van der Waals surface area contributed by atoms with Crippen LogP contribution < -0.4 is 5.76 Å². The topological polar surface area (TPSA) is 59.1 Å². The van der Waals surface area contributed by atoms with Gasteiger partial charge in [-0.3, -0.25) is 4.98 Å². The number of fused-ring (bicyclic) bond motifs is 2. The zero-order chi connectivity index (χ0) is 24.3. The van der Waals surface area contributed by atoms with E-state index in [1.807, 2.05) is 12.1 Å². The smallest absolute Gasteiger partial charge is 0.417 e. The molecule has 32 heavy (non-hydrogen) atoms. The Balaban J connectivity index is 0.000000203. The highest BCUT2D eigenvalue weighted by Gasteiger charge is 2.20. The van der Waals surface area contributed by atoms with Crippen LogP contribution in [-0.2, 0) is 10.8 Å². The Bertz CT molecular complexity index is 1150. The molecule has 174 valence electrons. The van der Waals surface area contributed by atoms with Crippen molar-refractivity contribution in [3.8, 4) is 0 Å². The van der Waals surface area contributed by atoms with E-state index < -0.39 is 5.76 Å². The molecule has 0 atom stereocenters. The summed E-state index contributed by atoms with van der Waals surface area (Å²) in [6.07, 6.45) is 0. The first kappa shape index (κ1) is 25.5. The lowest BCUT2D eigenvalue weighted by Crippen LogP contribution is -2.10. The number of aromatic amines is 1. The second kappa shape index (κ2) is 9.40. The molecule has 2 heterocycles. The molecule has 0 amide bonds. The molecule has 2 aromatic carbocycles. The van der Waals surface area contributed by atoms with Crippen LogP contribution in [0.3, 0.4) is 0 Å². The fourth-order valence-corrected chi connectivity index (χ4v) is 2.77. The van der Waals surface area contributed by atoms with E-state index in [1.165, 1.54) is 10.9 Å². The van der Waals surface area contributed by atoms with E-state index >= 15 is 0 Å². The third-order valence-corrected chi connectivity index (χ3v) is 4.45. The normalized spacial score (nSPS) is 12.2. The summed E-state index contributed by atoms with van der Waals surface area (Å²) in [6.45, 7) is 22.0. The first-order chi connectivity index (χ1) is 14.5. The van der Waals surface area contributed by atoms with Gasteiger partial charge in [0.2, 0.25) is 0 Å². The minimum Gasteiger partial charge on any atom is -0.461 e.